The van der Waals surface area contributed by atoms with Crippen LogP contribution in [0.25, 0.3) is 0 Å². The van der Waals surface area contributed by atoms with Gasteiger partial charge in [-0.3, -0.25) is 9.59 Å². The molecule has 1 fully saturated rings. The minimum Gasteiger partial charge on any atom is -0.455 e. The largest absolute Gasteiger partial charge is 0.455 e. The molecule has 0 heterocycles. The highest BCUT2D eigenvalue weighted by atomic mass is 16.5. The first-order chi connectivity index (χ1) is 10.7. The van der Waals surface area contributed by atoms with Crippen molar-refractivity contribution in [1.82, 2.24) is 0 Å². The van der Waals surface area contributed by atoms with E-state index in [1.807, 2.05) is 18.2 Å². The average Bonchev–Trinajstić information content (AvgIpc) is 2.58. The molecule has 23 heavy (non-hydrogen) atoms. The zero-order valence-corrected chi connectivity index (χ0v) is 13.3. The third-order valence-electron chi connectivity index (χ3n) is 4.16. The molecule has 1 aliphatic rings. The van der Waals surface area contributed by atoms with E-state index < -0.39 is 17.5 Å². The Morgan fingerprint density at radius 3 is 2.30 bits per heavy atom. The van der Waals surface area contributed by atoms with Crippen LogP contribution < -0.4 is 0 Å². The third-order valence-corrected chi connectivity index (χ3v) is 4.16. The summed E-state index contributed by atoms with van der Waals surface area (Å²) in [6, 6.07) is 9.08. The molecule has 2 N–H and O–H groups in total. The fraction of sp³-hybridized carbons (Fsp3) is 0.500. The minimum atomic E-state index is -1.04. The Morgan fingerprint density at radius 1 is 1.00 bits per heavy atom. The van der Waals surface area contributed by atoms with Crippen molar-refractivity contribution in [1.29, 1.82) is 0 Å². The molecule has 1 saturated carbocycles. The SMILES string of the molecule is O.O=C(CCC1CCCCC1)C(=O)C(=O)OCc1ccccc1. The molecule has 0 amide bonds. The second kappa shape index (κ2) is 9.90. The molecule has 0 bridgehead atoms. The molecular formula is C18H24O5. The van der Waals surface area contributed by atoms with E-state index in [0.717, 1.165) is 18.4 Å². The van der Waals surface area contributed by atoms with E-state index in [-0.39, 0.29) is 18.5 Å². The van der Waals surface area contributed by atoms with Crippen molar-refractivity contribution in [3.8, 4) is 0 Å². The summed E-state index contributed by atoms with van der Waals surface area (Å²) in [4.78, 5) is 35.1. The van der Waals surface area contributed by atoms with Crippen molar-refractivity contribution in [2.75, 3.05) is 0 Å². The van der Waals surface area contributed by atoms with Crippen molar-refractivity contribution < 1.29 is 24.6 Å². The van der Waals surface area contributed by atoms with Gasteiger partial charge in [0, 0.05) is 6.42 Å². The number of hydrogen-bond donors (Lipinski definition) is 0. The number of ether oxygens (including phenoxy) is 1. The number of carbonyl (C=O) groups is 3. The van der Waals surface area contributed by atoms with Crippen LogP contribution >= 0.6 is 0 Å². The topological polar surface area (TPSA) is 91.9 Å². The van der Waals surface area contributed by atoms with Gasteiger partial charge in [-0.25, -0.2) is 4.79 Å². The maximum absolute atomic E-state index is 11.8. The van der Waals surface area contributed by atoms with Gasteiger partial charge in [-0.1, -0.05) is 62.4 Å². The highest BCUT2D eigenvalue weighted by molar-refractivity contribution is 6.62. The lowest BCUT2D eigenvalue weighted by molar-refractivity contribution is -0.157. The maximum Gasteiger partial charge on any atom is 0.383 e. The Bertz CT molecular complexity index is 517. The van der Waals surface area contributed by atoms with Crippen molar-refractivity contribution in [2.24, 2.45) is 5.92 Å². The highest BCUT2D eigenvalue weighted by Crippen LogP contribution is 2.27. The smallest absolute Gasteiger partial charge is 0.383 e. The van der Waals surface area contributed by atoms with Crippen LogP contribution in [0.3, 0.4) is 0 Å². The fourth-order valence-corrected chi connectivity index (χ4v) is 2.83. The highest BCUT2D eigenvalue weighted by Gasteiger charge is 2.25. The molecule has 5 heteroatoms. The van der Waals surface area contributed by atoms with Gasteiger partial charge in [0.15, 0.2) is 0 Å². The third kappa shape index (κ3) is 6.32. The summed E-state index contributed by atoms with van der Waals surface area (Å²) < 4.78 is 4.89. The Hall–Kier alpha value is -2.01. The predicted molar refractivity (Wildman–Crippen MR) is 85.7 cm³/mol. The molecule has 2 rings (SSSR count). The standard InChI is InChI=1S/C18H22O4.H2O/c19-16(12-11-14-7-3-1-4-8-14)17(20)18(21)22-13-15-9-5-2-6-10-15;/h2,5-6,9-10,14H,1,3-4,7-8,11-13H2;1H2. The molecule has 5 nitrogen and oxygen atoms in total. The summed E-state index contributed by atoms with van der Waals surface area (Å²) >= 11 is 0. The van der Waals surface area contributed by atoms with Crippen LogP contribution in [0.1, 0.15) is 50.5 Å². The van der Waals surface area contributed by atoms with Gasteiger partial charge in [-0.05, 0) is 17.9 Å². The van der Waals surface area contributed by atoms with Crippen molar-refractivity contribution >= 4 is 17.5 Å². The molecule has 0 aromatic heterocycles. The van der Waals surface area contributed by atoms with Crippen LogP contribution in [0.15, 0.2) is 30.3 Å². The fourth-order valence-electron chi connectivity index (χ4n) is 2.83. The normalized spacial score (nSPS) is 14.6. The number of hydrogen-bond acceptors (Lipinski definition) is 4. The number of carbonyl (C=O) groups excluding carboxylic acids is 3. The van der Waals surface area contributed by atoms with Crippen LogP contribution in [0.2, 0.25) is 0 Å². The molecule has 0 aliphatic heterocycles. The summed E-state index contributed by atoms with van der Waals surface area (Å²) in [6.45, 7) is 0.0152. The number of benzene rings is 1. The molecule has 0 radical (unpaired) electrons. The van der Waals surface area contributed by atoms with E-state index in [0.29, 0.717) is 12.3 Å². The molecule has 1 aromatic carbocycles. The second-order valence-electron chi connectivity index (χ2n) is 5.86. The number of ketones is 2. The Morgan fingerprint density at radius 2 is 1.65 bits per heavy atom. The quantitative estimate of drug-likeness (QED) is 0.438. The van der Waals surface area contributed by atoms with E-state index in [2.05, 4.69) is 0 Å². The Kier molecular flexibility index (Phi) is 8.19. The molecule has 1 aliphatic carbocycles. The zero-order chi connectivity index (χ0) is 15.8. The lowest BCUT2D eigenvalue weighted by Gasteiger charge is -2.20. The predicted octanol–water partition coefficient (Wildman–Crippen LogP) is 2.40. The van der Waals surface area contributed by atoms with Crippen LogP contribution in [-0.4, -0.2) is 23.0 Å². The summed E-state index contributed by atoms with van der Waals surface area (Å²) in [5.74, 6) is -2.17. The Balaban J connectivity index is 0.00000264. The monoisotopic (exact) mass is 320 g/mol. The van der Waals surface area contributed by atoms with E-state index >= 15 is 0 Å². The first-order valence-corrected chi connectivity index (χ1v) is 7.95. The van der Waals surface area contributed by atoms with Crippen molar-refractivity contribution in [3.05, 3.63) is 35.9 Å². The van der Waals surface area contributed by atoms with E-state index in [1.165, 1.54) is 19.3 Å². The number of Topliss-reactive ketones (excluding diaryl/α,β-unsaturated/α-hetero) is 2. The van der Waals surface area contributed by atoms with Gasteiger partial charge < -0.3 is 10.2 Å². The maximum atomic E-state index is 11.8. The average molecular weight is 320 g/mol. The minimum absolute atomic E-state index is 0. The van der Waals surface area contributed by atoms with E-state index in [4.69, 9.17) is 4.74 Å². The van der Waals surface area contributed by atoms with Crippen molar-refractivity contribution in [3.63, 3.8) is 0 Å². The Labute approximate surface area is 136 Å². The van der Waals surface area contributed by atoms with Crippen molar-refractivity contribution in [2.45, 2.75) is 51.6 Å². The van der Waals surface area contributed by atoms with Crippen LogP contribution in [-0.2, 0) is 25.7 Å². The lowest BCUT2D eigenvalue weighted by atomic mass is 9.85. The number of esters is 1. The van der Waals surface area contributed by atoms with Crippen LogP contribution in [0.4, 0.5) is 0 Å². The molecule has 0 spiro atoms. The van der Waals surface area contributed by atoms with Gasteiger partial charge in [0.2, 0.25) is 5.78 Å². The zero-order valence-electron chi connectivity index (χ0n) is 13.3. The molecular weight excluding hydrogens is 296 g/mol. The molecule has 1 aromatic rings. The summed E-state index contributed by atoms with van der Waals surface area (Å²) in [5.41, 5.74) is 0.790. The second-order valence-corrected chi connectivity index (χ2v) is 5.86. The van der Waals surface area contributed by atoms with Crippen LogP contribution in [0, 0.1) is 5.92 Å². The first kappa shape index (κ1) is 19.0. The van der Waals surface area contributed by atoms with Gasteiger partial charge in [-0.15, -0.1) is 0 Å². The summed E-state index contributed by atoms with van der Waals surface area (Å²) in [6.07, 6.45) is 6.77. The van der Waals surface area contributed by atoms with Crippen LogP contribution in [0.5, 0.6) is 0 Å². The summed E-state index contributed by atoms with van der Waals surface area (Å²) in [5, 5.41) is 0. The lowest BCUT2D eigenvalue weighted by Crippen LogP contribution is -2.26. The molecule has 126 valence electrons. The van der Waals surface area contributed by atoms with Gasteiger partial charge in [0.25, 0.3) is 0 Å². The molecule has 0 atom stereocenters. The number of rotatable bonds is 7. The molecule has 0 saturated heterocycles. The van der Waals surface area contributed by atoms with Gasteiger partial charge in [0.05, 0.1) is 0 Å². The van der Waals surface area contributed by atoms with E-state index in [1.54, 1.807) is 12.1 Å². The van der Waals surface area contributed by atoms with Gasteiger partial charge in [0.1, 0.15) is 6.61 Å². The van der Waals surface area contributed by atoms with Gasteiger partial charge in [-0.2, -0.15) is 0 Å². The first-order valence-electron chi connectivity index (χ1n) is 7.95. The summed E-state index contributed by atoms with van der Waals surface area (Å²) in [7, 11) is 0. The van der Waals surface area contributed by atoms with Gasteiger partial charge >= 0.3 is 11.8 Å². The molecule has 0 unspecified atom stereocenters. The van der Waals surface area contributed by atoms with E-state index in [9.17, 15) is 14.4 Å².